The summed E-state index contributed by atoms with van der Waals surface area (Å²) in [7, 11) is 0. The molecule has 0 aromatic heterocycles. The smallest absolute Gasteiger partial charge is 0.0963 e. The molecule has 1 heterocycles. The van der Waals surface area contributed by atoms with Gasteiger partial charge in [-0.05, 0) is 45.7 Å². The van der Waals surface area contributed by atoms with Gasteiger partial charge in [0, 0.05) is 11.5 Å². The molecule has 0 amide bonds. The summed E-state index contributed by atoms with van der Waals surface area (Å²) >= 11 is 0. The Morgan fingerprint density at radius 3 is 2.67 bits per heavy atom. The Kier molecular flexibility index (Phi) is 4.14. The third-order valence-corrected chi connectivity index (χ3v) is 3.67. The molecule has 1 atom stereocenters. The molecule has 0 aromatic rings. The normalized spacial score (nSPS) is 23.3. The molecule has 3 nitrogen and oxygen atoms in total. The molecular formula is C12H25N3. The van der Waals surface area contributed by atoms with Crippen molar-refractivity contribution < 1.29 is 0 Å². The third-order valence-electron chi connectivity index (χ3n) is 3.67. The summed E-state index contributed by atoms with van der Waals surface area (Å²) in [5.41, 5.74) is 5.44. The highest BCUT2D eigenvalue weighted by Crippen LogP contribution is 2.23. The Labute approximate surface area is 93.5 Å². The van der Waals surface area contributed by atoms with Gasteiger partial charge in [-0.1, -0.05) is 13.8 Å². The van der Waals surface area contributed by atoms with Crippen molar-refractivity contribution in [1.82, 2.24) is 4.90 Å². The van der Waals surface area contributed by atoms with E-state index in [2.05, 4.69) is 25.7 Å². The predicted molar refractivity (Wildman–Crippen MR) is 65.2 cm³/mol. The fourth-order valence-corrected chi connectivity index (χ4v) is 2.18. The van der Waals surface area contributed by atoms with Crippen LogP contribution in [0.1, 0.15) is 46.5 Å². The van der Waals surface area contributed by atoms with E-state index in [0.717, 1.165) is 25.4 Å². The lowest BCUT2D eigenvalue weighted by molar-refractivity contribution is 0.252. The maximum atomic E-state index is 7.49. The molecule has 1 unspecified atom stereocenters. The number of hydrogen-bond acceptors (Lipinski definition) is 2. The van der Waals surface area contributed by atoms with E-state index in [1.54, 1.807) is 0 Å². The van der Waals surface area contributed by atoms with Crippen molar-refractivity contribution in [2.45, 2.75) is 52.5 Å². The van der Waals surface area contributed by atoms with Crippen LogP contribution in [-0.2, 0) is 0 Å². The van der Waals surface area contributed by atoms with Crippen molar-refractivity contribution in [3.05, 3.63) is 0 Å². The van der Waals surface area contributed by atoms with Crippen LogP contribution >= 0.6 is 0 Å². The first-order chi connectivity index (χ1) is 6.93. The number of rotatable bonds is 5. The minimum absolute atomic E-state index is 0.122. The zero-order valence-electron chi connectivity index (χ0n) is 10.3. The fraction of sp³-hybridized carbons (Fsp3) is 0.917. The van der Waals surface area contributed by atoms with Crippen molar-refractivity contribution >= 4 is 5.84 Å². The van der Waals surface area contributed by atoms with Gasteiger partial charge in [-0.2, -0.15) is 0 Å². The summed E-state index contributed by atoms with van der Waals surface area (Å²) in [5.74, 6) is 0.317. The largest absolute Gasteiger partial charge is 0.387 e. The average Bonchev–Trinajstić information content (AvgIpc) is 2.51. The minimum atomic E-state index is -0.122. The highest BCUT2D eigenvalue weighted by Gasteiger charge is 2.23. The molecule has 88 valence electrons. The van der Waals surface area contributed by atoms with Gasteiger partial charge < -0.3 is 10.6 Å². The number of hydrogen-bond donors (Lipinski definition) is 2. The van der Waals surface area contributed by atoms with Crippen LogP contribution in [0.25, 0.3) is 0 Å². The average molecular weight is 211 g/mol. The van der Waals surface area contributed by atoms with E-state index in [1.165, 1.54) is 19.4 Å². The van der Waals surface area contributed by atoms with Gasteiger partial charge >= 0.3 is 0 Å². The number of nitrogens with zero attached hydrogens (tertiary/aromatic N) is 1. The molecule has 0 spiro atoms. The molecule has 1 aliphatic rings. The highest BCUT2D eigenvalue weighted by molar-refractivity contribution is 5.82. The summed E-state index contributed by atoms with van der Waals surface area (Å²) in [5, 5.41) is 7.49. The Morgan fingerprint density at radius 2 is 2.20 bits per heavy atom. The van der Waals surface area contributed by atoms with Crippen LogP contribution < -0.4 is 5.73 Å². The molecule has 3 N–H and O–H groups in total. The van der Waals surface area contributed by atoms with Crippen molar-refractivity contribution in [2.75, 3.05) is 13.1 Å². The lowest BCUT2D eigenvalue weighted by Crippen LogP contribution is -2.33. The van der Waals surface area contributed by atoms with Crippen molar-refractivity contribution in [1.29, 1.82) is 5.41 Å². The SMILES string of the molecule is CC1CCCN1CCCC(C)(C)C(=N)N. The standard InChI is InChI=1S/C12H25N3/c1-10-6-4-8-15(10)9-5-7-12(2,3)11(13)14/h10H,4-9H2,1-3H3,(H3,13,14). The van der Waals surface area contributed by atoms with Crippen LogP contribution in [0.4, 0.5) is 0 Å². The van der Waals surface area contributed by atoms with E-state index < -0.39 is 0 Å². The monoisotopic (exact) mass is 211 g/mol. The second-order valence-electron chi connectivity index (χ2n) is 5.43. The Balaban J connectivity index is 2.24. The van der Waals surface area contributed by atoms with E-state index >= 15 is 0 Å². The number of amidine groups is 1. The summed E-state index contributed by atoms with van der Waals surface area (Å²) in [4.78, 5) is 2.55. The van der Waals surface area contributed by atoms with E-state index in [4.69, 9.17) is 11.1 Å². The van der Waals surface area contributed by atoms with Crippen molar-refractivity contribution in [3.63, 3.8) is 0 Å². The quantitative estimate of drug-likeness (QED) is 0.541. The van der Waals surface area contributed by atoms with E-state index in [0.29, 0.717) is 5.84 Å². The first kappa shape index (κ1) is 12.5. The summed E-state index contributed by atoms with van der Waals surface area (Å²) in [6, 6.07) is 0.755. The molecule has 0 aromatic carbocycles. The Morgan fingerprint density at radius 1 is 1.53 bits per heavy atom. The lowest BCUT2D eigenvalue weighted by Gasteiger charge is -2.26. The van der Waals surface area contributed by atoms with Crippen LogP contribution in [0.2, 0.25) is 0 Å². The van der Waals surface area contributed by atoms with Crippen molar-refractivity contribution in [3.8, 4) is 0 Å². The topological polar surface area (TPSA) is 53.1 Å². The van der Waals surface area contributed by atoms with E-state index in [-0.39, 0.29) is 5.41 Å². The van der Waals surface area contributed by atoms with E-state index in [1.807, 2.05) is 0 Å². The minimum Gasteiger partial charge on any atom is -0.387 e. The molecule has 0 bridgehead atoms. The van der Waals surface area contributed by atoms with Crippen LogP contribution in [-0.4, -0.2) is 29.9 Å². The number of nitrogens with two attached hydrogens (primary N) is 1. The number of nitrogens with one attached hydrogen (secondary N) is 1. The second-order valence-corrected chi connectivity index (χ2v) is 5.43. The van der Waals surface area contributed by atoms with Crippen molar-refractivity contribution in [2.24, 2.45) is 11.1 Å². The molecule has 1 fully saturated rings. The molecule has 0 saturated carbocycles. The van der Waals surface area contributed by atoms with Gasteiger partial charge in [0.15, 0.2) is 0 Å². The van der Waals surface area contributed by atoms with Gasteiger partial charge in [0.2, 0.25) is 0 Å². The first-order valence-corrected chi connectivity index (χ1v) is 6.02. The molecule has 1 saturated heterocycles. The maximum absolute atomic E-state index is 7.49. The van der Waals surface area contributed by atoms with Gasteiger partial charge in [-0.3, -0.25) is 5.41 Å². The van der Waals surface area contributed by atoms with Gasteiger partial charge in [-0.15, -0.1) is 0 Å². The predicted octanol–water partition coefficient (Wildman–Crippen LogP) is 2.21. The molecule has 0 radical (unpaired) electrons. The first-order valence-electron chi connectivity index (χ1n) is 6.02. The molecule has 1 rings (SSSR count). The van der Waals surface area contributed by atoms with Gasteiger partial charge in [0.25, 0.3) is 0 Å². The number of likely N-dealkylation sites (tertiary alicyclic amines) is 1. The molecule has 0 aliphatic carbocycles. The second kappa shape index (κ2) is 4.97. The molecule has 3 heteroatoms. The summed E-state index contributed by atoms with van der Waals surface area (Å²) < 4.78 is 0. The van der Waals surface area contributed by atoms with Gasteiger partial charge in [-0.25, -0.2) is 0 Å². The van der Waals surface area contributed by atoms with Crippen LogP contribution in [0.5, 0.6) is 0 Å². The zero-order chi connectivity index (χ0) is 11.5. The Bertz CT molecular complexity index is 223. The molecule has 15 heavy (non-hydrogen) atoms. The van der Waals surface area contributed by atoms with Gasteiger partial charge in [0.1, 0.15) is 0 Å². The zero-order valence-corrected chi connectivity index (χ0v) is 10.3. The van der Waals surface area contributed by atoms with Crippen LogP contribution in [0.15, 0.2) is 0 Å². The third kappa shape index (κ3) is 3.49. The van der Waals surface area contributed by atoms with Crippen LogP contribution in [0.3, 0.4) is 0 Å². The highest BCUT2D eigenvalue weighted by atomic mass is 15.2. The van der Waals surface area contributed by atoms with Crippen LogP contribution in [0, 0.1) is 10.8 Å². The summed E-state index contributed by atoms with van der Waals surface area (Å²) in [6.07, 6.45) is 4.86. The van der Waals surface area contributed by atoms with E-state index in [9.17, 15) is 0 Å². The lowest BCUT2D eigenvalue weighted by atomic mass is 9.86. The molecule has 1 aliphatic heterocycles. The Hall–Kier alpha value is -0.570. The summed E-state index contributed by atoms with van der Waals surface area (Å²) in [6.45, 7) is 8.84. The fourth-order valence-electron chi connectivity index (χ4n) is 2.18. The van der Waals surface area contributed by atoms with Gasteiger partial charge in [0.05, 0.1) is 5.84 Å². The maximum Gasteiger partial charge on any atom is 0.0963 e. The molecular weight excluding hydrogens is 186 g/mol.